The van der Waals surface area contributed by atoms with Gasteiger partial charge in [-0.2, -0.15) is 0 Å². The largest absolute Gasteiger partial charge is 0.394 e. The lowest BCUT2D eigenvalue weighted by Crippen LogP contribution is -2.42. The van der Waals surface area contributed by atoms with Crippen molar-refractivity contribution in [2.24, 2.45) is 0 Å². The van der Waals surface area contributed by atoms with Crippen LogP contribution >= 0.6 is 23.2 Å². The summed E-state index contributed by atoms with van der Waals surface area (Å²) >= 11 is 13.0. The Balaban J connectivity index is 1.27. The Morgan fingerprint density at radius 1 is 1.17 bits per heavy atom. The fourth-order valence-corrected chi connectivity index (χ4v) is 5.70. The first-order chi connectivity index (χ1) is 20.3. The molecule has 0 unspecified atom stereocenters. The fourth-order valence-electron chi connectivity index (χ4n) is 5.27. The number of nitrogens with zero attached hydrogens (tertiary/aromatic N) is 5. The minimum absolute atomic E-state index is 0.0544. The zero-order valence-electron chi connectivity index (χ0n) is 24.1. The van der Waals surface area contributed by atoms with Crippen molar-refractivity contribution in [3.05, 3.63) is 63.4 Å². The molecule has 0 aliphatic carbocycles. The Bertz CT molecular complexity index is 1420. The van der Waals surface area contributed by atoms with Crippen LogP contribution in [0.15, 0.2) is 36.7 Å². The van der Waals surface area contributed by atoms with E-state index < -0.39 is 6.04 Å². The summed E-state index contributed by atoms with van der Waals surface area (Å²) in [6.45, 7) is 7.07. The molecule has 0 bridgehead atoms. The Labute approximate surface area is 256 Å². The van der Waals surface area contributed by atoms with Crippen LogP contribution in [-0.2, 0) is 11.3 Å². The van der Waals surface area contributed by atoms with Gasteiger partial charge in [-0.15, -0.1) is 0 Å². The van der Waals surface area contributed by atoms with Gasteiger partial charge >= 0.3 is 0 Å². The second-order valence-corrected chi connectivity index (χ2v) is 11.6. The zero-order chi connectivity index (χ0) is 29.8. The van der Waals surface area contributed by atoms with Gasteiger partial charge in [0.2, 0.25) is 5.95 Å². The number of aliphatic hydroxyl groups is 1. The molecule has 2 aliphatic heterocycles. The third kappa shape index (κ3) is 6.63. The number of anilines is 2. The Morgan fingerprint density at radius 2 is 1.93 bits per heavy atom. The van der Waals surface area contributed by atoms with Crippen LogP contribution in [-0.4, -0.2) is 82.9 Å². The van der Waals surface area contributed by atoms with Crippen molar-refractivity contribution in [3.8, 4) is 11.3 Å². The smallest absolute Gasteiger partial charge is 0.254 e. The zero-order valence-corrected chi connectivity index (χ0v) is 25.6. The number of carbonyl (C=O) groups excluding carboxylic acids is 1. The van der Waals surface area contributed by atoms with E-state index in [0.717, 1.165) is 41.9 Å². The molecular formula is C30H37Cl2N7O3. The lowest BCUT2D eigenvalue weighted by Gasteiger charge is -2.27. The number of hydrogen-bond donors (Lipinski definition) is 3. The standard InChI is InChI=1S/C30H37Cl2N7O3/c1-4-38(3)27-12-23(24(31)14-34-27)26(17-40)33-13-18(2)39-16-20-6-5-19(11-22(20)29(39)41)28-25(32)15-35-30(37-28)36-21-7-9-42-10-8-21/h5-6,11-12,14-15,18,21,26,33,40H,4,7-10,13,16-17H2,1-3H3,(H,35,36,37)/t18-,26-/m1/s1. The van der Waals surface area contributed by atoms with E-state index in [1.165, 1.54) is 0 Å². The van der Waals surface area contributed by atoms with Gasteiger partial charge in [-0.3, -0.25) is 4.79 Å². The molecule has 2 atom stereocenters. The predicted octanol–water partition coefficient (Wildman–Crippen LogP) is 4.56. The van der Waals surface area contributed by atoms with Crippen LogP contribution in [0, 0.1) is 0 Å². The van der Waals surface area contributed by atoms with Gasteiger partial charge in [-0.05, 0) is 49.9 Å². The number of nitrogens with one attached hydrogen (secondary N) is 2. The third-order valence-corrected chi connectivity index (χ3v) is 8.59. The number of halogens is 2. The van der Waals surface area contributed by atoms with Gasteiger partial charge in [0.1, 0.15) is 5.82 Å². The number of carbonyl (C=O) groups is 1. The highest BCUT2D eigenvalue weighted by molar-refractivity contribution is 6.33. The molecule has 12 heteroatoms. The predicted molar refractivity (Wildman–Crippen MR) is 165 cm³/mol. The quantitative estimate of drug-likeness (QED) is 0.286. The summed E-state index contributed by atoms with van der Waals surface area (Å²) in [7, 11) is 1.95. The average Bonchev–Trinajstić information content (AvgIpc) is 3.34. The van der Waals surface area contributed by atoms with Gasteiger partial charge in [0, 0.05) is 69.3 Å². The highest BCUT2D eigenvalue weighted by atomic mass is 35.5. The minimum Gasteiger partial charge on any atom is -0.394 e. The topological polar surface area (TPSA) is 116 Å². The number of rotatable bonds is 11. The Kier molecular flexibility index (Phi) is 9.80. The van der Waals surface area contributed by atoms with Gasteiger partial charge in [-0.25, -0.2) is 15.0 Å². The van der Waals surface area contributed by atoms with Crippen LogP contribution in [0.25, 0.3) is 11.3 Å². The third-order valence-electron chi connectivity index (χ3n) is 8.00. The molecule has 10 nitrogen and oxygen atoms in total. The molecule has 0 radical (unpaired) electrons. The Morgan fingerprint density at radius 3 is 2.67 bits per heavy atom. The number of aliphatic hydroxyl groups excluding tert-OH is 1. The summed E-state index contributed by atoms with van der Waals surface area (Å²) < 4.78 is 5.44. The summed E-state index contributed by atoms with van der Waals surface area (Å²) in [6, 6.07) is 7.38. The number of ether oxygens (including phenoxy) is 1. The van der Waals surface area contributed by atoms with Crippen molar-refractivity contribution >= 4 is 40.9 Å². The van der Waals surface area contributed by atoms with Crippen molar-refractivity contribution in [1.29, 1.82) is 0 Å². The van der Waals surface area contributed by atoms with Gasteiger partial charge < -0.3 is 30.3 Å². The first kappa shape index (κ1) is 30.4. The molecule has 0 spiro atoms. The molecule has 1 aromatic carbocycles. The first-order valence-electron chi connectivity index (χ1n) is 14.3. The SMILES string of the molecule is CCN(C)c1cc([C@@H](CO)NC[C@@H](C)N2Cc3ccc(-c4nc(NC5CCOCC5)ncc4Cl)cc3C2=O)c(Cl)cn1. The van der Waals surface area contributed by atoms with E-state index in [9.17, 15) is 9.90 Å². The summed E-state index contributed by atoms with van der Waals surface area (Å²) in [6.07, 6.45) is 4.99. The van der Waals surface area contributed by atoms with Gasteiger partial charge in [-0.1, -0.05) is 35.3 Å². The van der Waals surface area contributed by atoms with Crippen LogP contribution in [0.4, 0.5) is 11.8 Å². The van der Waals surface area contributed by atoms with E-state index in [-0.39, 0.29) is 24.6 Å². The molecule has 1 saturated heterocycles. The van der Waals surface area contributed by atoms with Crippen molar-refractivity contribution < 1.29 is 14.6 Å². The molecular weight excluding hydrogens is 577 g/mol. The summed E-state index contributed by atoms with van der Waals surface area (Å²) in [5.41, 5.74) is 3.70. The maximum absolute atomic E-state index is 13.6. The second-order valence-electron chi connectivity index (χ2n) is 10.8. The van der Waals surface area contributed by atoms with Crippen LogP contribution < -0.4 is 15.5 Å². The number of aromatic nitrogens is 3. The average molecular weight is 615 g/mol. The van der Waals surface area contributed by atoms with E-state index in [1.54, 1.807) is 12.4 Å². The number of amides is 1. The molecule has 3 aromatic rings. The molecule has 3 N–H and O–H groups in total. The van der Waals surface area contributed by atoms with Gasteiger partial charge in [0.05, 0.1) is 34.6 Å². The van der Waals surface area contributed by atoms with Crippen LogP contribution in [0.3, 0.4) is 0 Å². The Hall–Kier alpha value is -3.02. The number of benzene rings is 1. The molecule has 1 fully saturated rings. The van der Waals surface area contributed by atoms with Crippen molar-refractivity contribution in [3.63, 3.8) is 0 Å². The summed E-state index contributed by atoms with van der Waals surface area (Å²) in [4.78, 5) is 30.8. The summed E-state index contributed by atoms with van der Waals surface area (Å²) in [5, 5.41) is 17.8. The van der Waals surface area contributed by atoms with Crippen molar-refractivity contribution in [1.82, 2.24) is 25.2 Å². The minimum atomic E-state index is -0.400. The van der Waals surface area contributed by atoms with E-state index >= 15 is 0 Å². The highest BCUT2D eigenvalue weighted by Gasteiger charge is 2.32. The molecule has 2 aliphatic rings. The highest BCUT2D eigenvalue weighted by Crippen LogP contribution is 2.33. The summed E-state index contributed by atoms with van der Waals surface area (Å²) in [5.74, 6) is 1.23. The van der Waals surface area contributed by atoms with Crippen LogP contribution in [0.2, 0.25) is 10.0 Å². The number of pyridine rings is 1. The van der Waals surface area contributed by atoms with Crippen molar-refractivity contribution in [2.45, 2.75) is 51.4 Å². The van der Waals surface area contributed by atoms with E-state index in [1.807, 2.05) is 55.0 Å². The lowest BCUT2D eigenvalue weighted by atomic mass is 10.0. The molecule has 0 saturated carbocycles. The van der Waals surface area contributed by atoms with Crippen molar-refractivity contribution in [2.75, 3.05) is 50.2 Å². The maximum Gasteiger partial charge on any atom is 0.254 e. The second kappa shape index (κ2) is 13.5. The molecule has 1 amide bonds. The molecule has 42 heavy (non-hydrogen) atoms. The van der Waals surface area contributed by atoms with Crippen LogP contribution in [0.5, 0.6) is 0 Å². The lowest BCUT2D eigenvalue weighted by molar-refractivity contribution is 0.0711. The van der Waals surface area contributed by atoms with Gasteiger partial charge in [0.25, 0.3) is 5.91 Å². The monoisotopic (exact) mass is 613 g/mol. The first-order valence-corrected chi connectivity index (χ1v) is 15.1. The molecule has 224 valence electrons. The van der Waals surface area contributed by atoms with Gasteiger partial charge in [0.15, 0.2) is 0 Å². The molecule has 2 aromatic heterocycles. The van der Waals surface area contributed by atoms with Crippen LogP contribution in [0.1, 0.15) is 54.2 Å². The normalized spacial score (nSPS) is 16.8. The van der Waals surface area contributed by atoms with E-state index in [0.29, 0.717) is 53.6 Å². The molecule has 4 heterocycles. The number of hydrogen-bond acceptors (Lipinski definition) is 9. The van der Waals surface area contributed by atoms with E-state index in [4.69, 9.17) is 27.9 Å². The molecule has 5 rings (SSSR count). The fraction of sp³-hybridized carbons (Fsp3) is 0.467. The maximum atomic E-state index is 13.6. The van der Waals surface area contributed by atoms with E-state index in [2.05, 4.69) is 25.6 Å². The number of fused-ring (bicyclic) bond motifs is 1.